The maximum absolute atomic E-state index is 15.2. The Morgan fingerprint density at radius 1 is 0.311 bits per heavy atom. The van der Waals surface area contributed by atoms with E-state index in [0.717, 1.165) is 88.2 Å². The standard InChI is InChI=1S/C66H44F3N5/c1-41-17-9-11-23-49(41)45-30-35-59-55(37-45)51-25-13-15-27-57(51)73(59)61-39-47(65-71-63(43-19-5-3-6-20-43)70-64(72-65)44-21-7-4-8-22-44)29-33-53(61)54-34-32-48(66(67,68)69)40-62(54)74-58-28-16-14-26-52(58)56-38-46(31-36-60(56)74)50-24-12-10-18-42(50)2/h3-40H,1-2H3. The molecule has 354 valence electrons. The number of hydrogen-bond donors (Lipinski definition) is 0. The van der Waals surface area contributed by atoms with Gasteiger partial charge < -0.3 is 9.13 Å². The van der Waals surface area contributed by atoms with Gasteiger partial charge in [-0.25, -0.2) is 15.0 Å². The van der Waals surface area contributed by atoms with Crippen LogP contribution in [0.25, 0.3) is 123 Å². The van der Waals surface area contributed by atoms with Crippen molar-refractivity contribution in [1.29, 1.82) is 0 Å². The summed E-state index contributed by atoms with van der Waals surface area (Å²) in [6.07, 6.45) is -4.62. The van der Waals surface area contributed by atoms with Crippen LogP contribution in [0.5, 0.6) is 0 Å². The molecule has 0 spiro atoms. The predicted molar refractivity (Wildman–Crippen MR) is 296 cm³/mol. The number of rotatable bonds is 8. The third-order valence-corrected chi connectivity index (χ3v) is 14.3. The Morgan fingerprint density at radius 2 is 0.703 bits per heavy atom. The first-order valence-corrected chi connectivity index (χ1v) is 24.6. The van der Waals surface area contributed by atoms with Crippen molar-refractivity contribution in [3.05, 3.63) is 247 Å². The third kappa shape index (κ3) is 7.62. The van der Waals surface area contributed by atoms with Crippen LogP contribution in [0.1, 0.15) is 16.7 Å². The van der Waals surface area contributed by atoms with Crippen LogP contribution in [0.3, 0.4) is 0 Å². The van der Waals surface area contributed by atoms with Crippen molar-refractivity contribution in [3.63, 3.8) is 0 Å². The average molecular weight is 964 g/mol. The van der Waals surface area contributed by atoms with Gasteiger partial charge in [-0.1, -0.05) is 176 Å². The SMILES string of the molecule is Cc1ccccc1-c1ccc2c(c1)c1ccccc1n2-c1cc(-c2nc(-c3ccccc3)nc(-c3ccccc3)n2)ccc1-c1ccc(C(F)(F)F)cc1-n1c2ccccc2c2cc(-c3ccccc3C)ccc21. The van der Waals surface area contributed by atoms with Gasteiger partial charge >= 0.3 is 6.18 Å². The molecule has 8 heteroatoms. The van der Waals surface area contributed by atoms with Crippen molar-refractivity contribution in [2.45, 2.75) is 20.0 Å². The zero-order valence-electron chi connectivity index (χ0n) is 40.3. The summed E-state index contributed by atoms with van der Waals surface area (Å²) in [7, 11) is 0. The molecule has 0 bridgehead atoms. The molecule has 0 saturated heterocycles. The first-order chi connectivity index (χ1) is 36.2. The molecule has 10 aromatic carbocycles. The van der Waals surface area contributed by atoms with Crippen LogP contribution in [0.4, 0.5) is 13.2 Å². The van der Waals surface area contributed by atoms with E-state index in [1.165, 1.54) is 17.7 Å². The van der Waals surface area contributed by atoms with E-state index in [2.05, 4.69) is 103 Å². The lowest BCUT2D eigenvalue weighted by atomic mass is 9.96. The summed E-state index contributed by atoms with van der Waals surface area (Å²) in [5, 5.41) is 3.94. The molecule has 74 heavy (non-hydrogen) atoms. The monoisotopic (exact) mass is 963 g/mol. The topological polar surface area (TPSA) is 48.5 Å². The summed E-state index contributed by atoms with van der Waals surface area (Å²) < 4.78 is 49.8. The van der Waals surface area contributed by atoms with Gasteiger partial charge in [0.2, 0.25) is 0 Å². The number of benzene rings is 10. The Hall–Kier alpha value is -9.40. The summed E-state index contributed by atoms with van der Waals surface area (Å²) in [4.78, 5) is 15.3. The van der Waals surface area contributed by atoms with Crippen molar-refractivity contribution in [2.24, 2.45) is 0 Å². The van der Waals surface area contributed by atoms with Gasteiger partial charge in [0.05, 0.1) is 39.0 Å². The molecule has 3 aromatic heterocycles. The Morgan fingerprint density at radius 3 is 1.19 bits per heavy atom. The molecule has 0 aliphatic rings. The minimum Gasteiger partial charge on any atom is -0.309 e. The van der Waals surface area contributed by atoms with E-state index in [1.54, 1.807) is 6.07 Å². The molecule has 0 N–H and O–H groups in total. The van der Waals surface area contributed by atoms with Crippen LogP contribution < -0.4 is 0 Å². The van der Waals surface area contributed by atoms with E-state index in [-0.39, 0.29) is 0 Å². The van der Waals surface area contributed by atoms with E-state index in [0.29, 0.717) is 39.9 Å². The second-order valence-corrected chi connectivity index (χ2v) is 18.8. The van der Waals surface area contributed by atoms with Gasteiger partial charge in [-0.3, -0.25) is 0 Å². The maximum Gasteiger partial charge on any atom is 0.416 e. The first kappa shape index (κ1) is 44.5. The van der Waals surface area contributed by atoms with E-state index in [1.807, 2.05) is 132 Å². The molecule has 0 unspecified atom stereocenters. The number of alkyl halides is 3. The van der Waals surface area contributed by atoms with E-state index >= 15 is 13.2 Å². The van der Waals surface area contributed by atoms with Gasteiger partial charge in [-0.2, -0.15) is 13.2 Å². The number of aryl methyl sites for hydroxylation is 2. The number of aromatic nitrogens is 5. The highest BCUT2D eigenvalue weighted by molar-refractivity contribution is 6.13. The molecule has 0 aliphatic carbocycles. The van der Waals surface area contributed by atoms with Crippen LogP contribution in [0, 0.1) is 13.8 Å². The van der Waals surface area contributed by atoms with Crippen LogP contribution in [0.15, 0.2) is 231 Å². The van der Waals surface area contributed by atoms with Crippen LogP contribution in [-0.4, -0.2) is 24.1 Å². The number of fused-ring (bicyclic) bond motifs is 6. The summed E-state index contributed by atoms with van der Waals surface area (Å²) in [5.41, 5.74) is 14.2. The molecular weight excluding hydrogens is 920 g/mol. The molecule has 0 saturated carbocycles. The fourth-order valence-corrected chi connectivity index (χ4v) is 10.7. The van der Waals surface area contributed by atoms with Gasteiger partial charge in [0.1, 0.15) is 0 Å². The second kappa shape index (κ2) is 17.7. The highest BCUT2D eigenvalue weighted by Gasteiger charge is 2.32. The van der Waals surface area contributed by atoms with E-state index < -0.39 is 11.7 Å². The average Bonchev–Trinajstić information content (AvgIpc) is 3.96. The van der Waals surface area contributed by atoms with Crippen LogP contribution in [0.2, 0.25) is 0 Å². The van der Waals surface area contributed by atoms with Crippen molar-refractivity contribution in [1.82, 2.24) is 24.1 Å². The van der Waals surface area contributed by atoms with E-state index in [9.17, 15) is 0 Å². The fourth-order valence-electron chi connectivity index (χ4n) is 10.7. The lowest BCUT2D eigenvalue weighted by Gasteiger charge is -2.21. The molecule has 0 aliphatic heterocycles. The number of nitrogens with zero attached hydrogens (tertiary/aromatic N) is 5. The summed E-state index contributed by atoms with van der Waals surface area (Å²) in [6.45, 7) is 4.21. The largest absolute Gasteiger partial charge is 0.416 e. The molecule has 3 heterocycles. The van der Waals surface area contributed by atoms with Crippen molar-refractivity contribution in [3.8, 4) is 78.9 Å². The smallest absolute Gasteiger partial charge is 0.309 e. The van der Waals surface area contributed by atoms with Crippen molar-refractivity contribution in [2.75, 3.05) is 0 Å². The van der Waals surface area contributed by atoms with Gasteiger partial charge in [0, 0.05) is 49.4 Å². The molecule has 13 rings (SSSR count). The van der Waals surface area contributed by atoms with Gasteiger partial charge in [-0.05, 0) is 102 Å². The summed E-state index contributed by atoms with van der Waals surface area (Å²) >= 11 is 0. The van der Waals surface area contributed by atoms with Gasteiger partial charge in [0.25, 0.3) is 0 Å². The highest BCUT2D eigenvalue weighted by Crippen LogP contribution is 2.45. The summed E-state index contributed by atoms with van der Waals surface area (Å²) in [5.74, 6) is 1.48. The third-order valence-electron chi connectivity index (χ3n) is 14.3. The predicted octanol–water partition coefficient (Wildman–Crippen LogP) is 17.7. The molecule has 0 atom stereocenters. The van der Waals surface area contributed by atoms with Crippen LogP contribution in [-0.2, 0) is 6.18 Å². The Labute approximate surface area is 425 Å². The van der Waals surface area contributed by atoms with Gasteiger partial charge in [-0.15, -0.1) is 0 Å². The lowest BCUT2D eigenvalue weighted by Crippen LogP contribution is -2.08. The molecular formula is C66H44F3N5. The Balaban J connectivity index is 1.11. The Bertz CT molecular complexity index is 4270. The molecule has 5 nitrogen and oxygen atoms in total. The molecule has 0 fully saturated rings. The minimum absolute atomic E-state index is 0.393. The quantitative estimate of drug-likeness (QED) is 0.152. The number of hydrogen-bond acceptors (Lipinski definition) is 3. The fraction of sp³-hybridized carbons (Fsp3) is 0.0455. The van der Waals surface area contributed by atoms with Crippen LogP contribution >= 0.6 is 0 Å². The Kier molecular flexibility index (Phi) is 10.7. The van der Waals surface area contributed by atoms with E-state index in [4.69, 9.17) is 15.0 Å². The molecule has 0 amide bonds. The number of halogens is 3. The molecule has 13 aromatic rings. The lowest BCUT2D eigenvalue weighted by molar-refractivity contribution is -0.137. The highest BCUT2D eigenvalue weighted by atomic mass is 19.4. The number of para-hydroxylation sites is 2. The molecule has 0 radical (unpaired) electrons. The van der Waals surface area contributed by atoms with Crippen molar-refractivity contribution >= 4 is 43.6 Å². The zero-order chi connectivity index (χ0) is 50.1. The normalized spacial score (nSPS) is 11.9. The maximum atomic E-state index is 15.2. The zero-order valence-corrected chi connectivity index (χ0v) is 40.3. The minimum atomic E-state index is -4.62. The second-order valence-electron chi connectivity index (χ2n) is 18.8. The van der Waals surface area contributed by atoms with Gasteiger partial charge in [0.15, 0.2) is 17.5 Å². The summed E-state index contributed by atoms with van der Waals surface area (Å²) in [6, 6.07) is 75.6. The first-order valence-electron chi connectivity index (χ1n) is 24.6. The van der Waals surface area contributed by atoms with Crippen molar-refractivity contribution < 1.29 is 13.2 Å².